The monoisotopic (exact) mass is 510 g/mol. The van der Waals surface area contributed by atoms with Gasteiger partial charge in [-0.05, 0) is 88.4 Å². The van der Waals surface area contributed by atoms with Crippen molar-refractivity contribution in [1.82, 2.24) is 0 Å². The highest BCUT2D eigenvalue weighted by molar-refractivity contribution is 5.82. The minimum atomic E-state index is -0.444. The number of cyclic esters (lactones) is 1. The van der Waals surface area contributed by atoms with Crippen molar-refractivity contribution in [3.63, 3.8) is 0 Å². The second-order valence-corrected chi connectivity index (χ2v) is 11.7. The van der Waals surface area contributed by atoms with Gasteiger partial charge in [-0.3, -0.25) is 0 Å². The van der Waals surface area contributed by atoms with Gasteiger partial charge in [-0.25, -0.2) is 4.79 Å². The molecule has 2 aliphatic heterocycles. The molecular weight excluding hydrogens is 460 g/mol. The van der Waals surface area contributed by atoms with Crippen LogP contribution in [0.3, 0.4) is 0 Å². The quantitative estimate of drug-likeness (QED) is 0.313. The number of carbonyl (C=O) groups excluding carboxylic acids is 1. The molecule has 37 heavy (non-hydrogen) atoms. The van der Waals surface area contributed by atoms with Gasteiger partial charge in [-0.2, -0.15) is 0 Å². The average molecular weight is 511 g/mol. The lowest BCUT2D eigenvalue weighted by molar-refractivity contribution is -0.145. The summed E-state index contributed by atoms with van der Waals surface area (Å²) in [6.45, 7) is 10.7. The number of allylic oxidation sites excluding steroid dienone is 3. The van der Waals surface area contributed by atoms with Gasteiger partial charge in [0.2, 0.25) is 0 Å². The van der Waals surface area contributed by atoms with Gasteiger partial charge in [0.25, 0.3) is 0 Å². The first-order valence-electron chi connectivity index (χ1n) is 14.7. The normalized spacial score (nSPS) is 35.4. The van der Waals surface area contributed by atoms with Crippen molar-refractivity contribution in [2.24, 2.45) is 23.7 Å². The zero-order valence-electron chi connectivity index (χ0n) is 23.4. The summed E-state index contributed by atoms with van der Waals surface area (Å²) in [7, 11) is 0. The molecule has 2 bridgehead atoms. The van der Waals surface area contributed by atoms with Crippen LogP contribution in [0.25, 0.3) is 0 Å². The fourth-order valence-corrected chi connectivity index (χ4v) is 5.68. The van der Waals surface area contributed by atoms with E-state index in [-0.39, 0.29) is 42.0 Å². The molecule has 1 N–H and O–H groups in total. The average Bonchev–Trinajstić information content (AvgIpc) is 3.15. The molecule has 7 atom stereocenters. The fraction of sp³-hybridized carbons (Fsp3) is 0.667. The van der Waals surface area contributed by atoms with Crippen molar-refractivity contribution in [3.05, 3.63) is 60.8 Å². The van der Waals surface area contributed by atoms with E-state index in [1.165, 1.54) is 12.8 Å². The molecule has 0 aromatic heterocycles. The molecule has 1 aliphatic carbocycles. The zero-order valence-corrected chi connectivity index (χ0v) is 23.4. The lowest BCUT2D eigenvalue weighted by atomic mass is 9.81. The van der Waals surface area contributed by atoms with E-state index in [1.54, 1.807) is 6.08 Å². The van der Waals surface area contributed by atoms with E-state index in [2.05, 4.69) is 63.8 Å². The van der Waals surface area contributed by atoms with Crippen molar-refractivity contribution < 1.29 is 19.4 Å². The predicted molar refractivity (Wildman–Crippen MR) is 152 cm³/mol. The van der Waals surface area contributed by atoms with E-state index in [0.717, 1.165) is 50.5 Å². The Morgan fingerprint density at radius 1 is 1.08 bits per heavy atom. The smallest absolute Gasteiger partial charge is 0.330 e. The first-order chi connectivity index (χ1) is 17.8. The molecule has 0 saturated carbocycles. The van der Waals surface area contributed by atoms with Gasteiger partial charge in [0, 0.05) is 12.0 Å². The standard InChI is InChI=1S/C33H50O4/c1-24-12-9-15-29-16-10-17-30(36-29)18-11-19-33(35)37-32(23-26(3)27(4)31(34)22-24)25(2)20-21-28-13-7-5-6-8-14-28/h5-6,10-11,17,19-21,25-32,34H,1,7-9,12-16,18,22-23H2,2-4H3/b19-11-,21-20+/t25?,26-,27?,29+,30?,31-,32?/m0/s1. The lowest BCUT2D eigenvalue weighted by Crippen LogP contribution is -2.31. The third-order valence-corrected chi connectivity index (χ3v) is 8.52. The van der Waals surface area contributed by atoms with E-state index < -0.39 is 6.10 Å². The molecule has 0 aromatic carbocycles. The van der Waals surface area contributed by atoms with Gasteiger partial charge in [0.15, 0.2) is 0 Å². The molecule has 0 amide bonds. The Balaban J connectivity index is 1.72. The maximum atomic E-state index is 12.9. The van der Waals surface area contributed by atoms with Gasteiger partial charge in [-0.1, -0.05) is 75.5 Å². The van der Waals surface area contributed by atoms with E-state index in [9.17, 15) is 9.90 Å². The first-order valence-corrected chi connectivity index (χ1v) is 14.7. The number of aliphatic hydroxyl groups is 1. The second-order valence-electron chi connectivity index (χ2n) is 11.7. The Morgan fingerprint density at radius 2 is 1.84 bits per heavy atom. The highest BCUT2D eigenvalue weighted by Crippen LogP contribution is 2.30. The summed E-state index contributed by atoms with van der Waals surface area (Å²) in [5.41, 5.74) is 1.11. The van der Waals surface area contributed by atoms with Gasteiger partial charge in [-0.15, -0.1) is 0 Å². The summed E-state index contributed by atoms with van der Waals surface area (Å²) in [5.74, 6) is 0.675. The molecule has 4 heteroatoms. The van der Waals surface area contributed by atoms with Crippen LogP contribution in [0.15, 0.2) is 60.8 Å². The minimum Gasteiger partial charge on any atom is -0.459 e. The Bertz CT molecular complexity index is 827. The summed E-state index contributed by atoms with van der Waals surface area (Å²) in [4.78, 5) is 12.9. The van der Waals surface area contributed by atoms with E-state index >= 15 is 0 Å². The Labute approximate surface area is 225 Å². The summed E-state index contributed by atoms with van der Waals surface area (Å²) in [6, 6.07) is 0. The number of carbonyl (C=O) groups is 1. The maximum absolute atomic E-state index is 12.9. The largest absolute Gasteiger partial charge is 0.459 e. The number of hydrogen-bond donors (Lipinski definition) is 1. The van der Waals surface area contributed by atoms with Gasteiger partial charge in [0.1, 0.15) is 6.10 Å². The zero-order chi connectivity index (χ0) is 26.6. The van der Waals surface area contributed by atoms with Crippen LogP contribution in [-0.2, 0) is 14.3 Å². The number of ether oxygens (including phenoxy) is 2. The summed E-state index contributed by atoms with van der Waals surface area (Å²) >= 11 is 0. The Kier molecular flexibility index (Phi) is 12.4. The number of esters is 1. The summed E-state index contributed by atoms with van der Waals surface area (Å²) in [5, 5.41) is 11.0. The third-order valence-electron chi connectivity index (χ3n) is 8.52. The molecule has 4 unspecified atom stereocenters. The maximum Gasteiger partial charge on any atom is 0.330 e. The van der Waals surface area contributed by atoms with Crippen LogP contribution in [0.2, 0.25) is 0 Å². The first kappa shape index (κ1) is 29.6. The lowest BCUT2D eigenvalue weighted by Gasteiger charge is -2.31. The van der Waals surface area contributed by atoms with Crippen LogP contribution in [-0.4, -0.2) is 35.5 Å². The molecule has 2 heterocycles. The minimum absolute atomic E-state index is 0.000650. The van der Waals surface area contributed by atoms with Crippen LogP contribution >= 0.6 is 0 Å². The van der Waals surface area contributed by atoms with Crippen molar-refractivity contribution in [3.8, 4) is 0 Å². The molecule has 4 nitrogen and oxygen atoms in total. The second kappa shape index (κ2) is 15.5. The Morgan fingerprint density at radius 3 is 2.59 bits per heavy atom. The molecule has 0 fully saturated rings. The highest BCUT2D eigenvalue weighted by atomic mass is 16.5. The van der Waals surface area contributed by atoms with Crippen molar-refractivity contribution in [2.45, 2.75) is 116 Å². The predicted octanol–water partition coefficient (Wildman–Crippen LogP) is 7.65. The molecule has 0 spiro atoms. The molecule has 0 aromatic rings. The van der Waals surface area contributed by atoms with Gasteiger partial charge < -0.3 is 14.6 Å². The Hall–Kier alpha value is -1.91. The van der Waals surface area contributed by atoms with Gasteiger partial charge >= 0.3 is 5.97 Å². The van der Waals surface area contributed by atoms with Crippen LogP contribution < -0.4 is 0 Å². The van der Waals surface area contributed by atoms with E-state index in [0.29, 0.717) is 18.8 Å². The molecule has 3 rings (SSSR count). The number of hydrogen-bond acceptors (Lipinski definition) is 4. The van der Waals surface area contributed by atoms with Crippen LogP contribution in [0.4, 0.5) is 0 Å². The molecular formula is C33H50O4. The number of aliphatic hydroxyl groups excluding tert-OH is 1. The fourth-order valence-electron chi connectivity index (χ4n) is 5.68. The molecule has 0 radical (unpaired) electrons. The van der Waals surface area contributed by atoms with Crippen LogP contribution in [0, 0.1) is 23.7 Å². The summed E-state index contributed by atoms with van der Waals surface area (Å²) < 4.78 is 12.3. The highest BCUT2D eigenvalue weighted by Gasteiger charge is 2.28. The van der Waals surface area contributed by atoms with Crippen molar-refractivity contribution in [2.75, 3.05) is 0 Å². The number of rotatable bonds is 3. The van der Waals surface area contributed by atoms with Crippen molar-refractivity contribution >= 4 is 5.97 Å². The SMILES string of the molecule is C=C1CCC[C@@H]2CC=CC(C/C=C\C(=O)OC(C(C)/C=C/C3CCC=CCC3)C[C@H](C)C(C)[C@@H](O)C1)O2. The van der Waals surface area contributed by atoms with Crippen LogP contribution in [0.5, 0.6) is 0 Å². The molecule has 3 aliphatic rings. The third kappa shape index (κ3) is 10.4. The van der Waals surface area contributed by atoms with Crippen LogP contribution in [0.1, 0.15) is 91.4 Å². The van der Waals surface area contributed by atoms with E-state index in [4.69, 9.17) is 9.47 Å². The molecule has 0 saturated heterocycles. The van der Waals surface area contributed by atoms with Gasteiger partial charge in [0.05, 0.1) is 18.3 Å². The molecule has 206 valence electrons. The topological polar surface area (TPSA) is 55.8 Å². The number of fused-ring (bicyclic) bond motifs is 2. The van der Waals surface area contributed by atoms with Crippen molar-refractivity contribution in [1.29, 1.82) is 0 Å². The summed E-state index contributed by atoms with van der Waals surface area (Å²) in [6.07, 6.45) is 26.9. The van der Waals surface area contributed by atoms with E-state index in [1.807, 2.05) is 6.08 Å².